The van der Waals surface area contributed by atoms with E-state index >= 15 is 0 Å². The molecule has 1 aliphatic carbocycles. The number of rotatable bonds is 4. The third kappa shape index (κ3) is 3.25. The fourth-order valence-electron chi connectivity index (χ4n) is 2.47. The minimum atomic E-state index is 0.442. The maximum Gasteiger partial charge on any atom is 0.0565 e. The molecule has 2 heteroatoms. The SMILES string of the molecule is CC1CC(NCCC2CC2)CC(C)O1. The van der Waals surface area contributed by atoms with Gasteiger partial charge < -0.3 is 10.1 Å². The standard InChI is InChI=1S/C12H23NO/c1-9-7-12(8-10(2)14-9)13-6-5-11-3-4-11/h9-13H,3-8H2,1-2H3. The van der Waals surface area contributed by atoms with Gasteiger partial charge >= 0.3 is 0 Å². The predicted octanol–water partition coefficient (Wildman–Crippen LogP) is 2.33. The highest BCUT2D eigenvalue weighted by Gasteiger charge is 2.25. The number of hydrogen-bond acceptors (Lipinski definition) is 2. The lowest BCUT2D eigenvalue weighted by molar-refractivity contribution is -0.0420. The molecule has 2 aliphatic rings. The Labute approximate surface area is 87.4 Å². The predicted molar refractivity (Wildman–Crippen MR) is 58.4 cm³/mol. The van der Waals surface area contributed by atoms with E-state index < -0.39 is 0 Å². The first-order valence-electron chi connectivity index (χ1n) is 6.13. The molecule has 1 N–H and O–H groups in total. The van der Waals surface area contributed by atoms with Crippen molar-refractivity contribution in [3.05, 3.63) is 0 Å². The summed E-state index contributed by atoms with van der Waals surface area (Å²) in [6.07, 6.45) is 7.60. The van der Waals surface area contributed by atoms with Gasteiger partial charge in [-0.25, -0.2) is 0 Å². The Bertz CT molecular complexity index is 169. The normalized spacial score (nSPS) is 38.6. The minimum absolute atomic E-state index is 0.442. The van der Waals surface area contributed by atoms with E-state index in [-0.39, 0.29) is 0 Å². The summed E-state index contributed by atoms with van der Waals surface area (Å²) in [6.45, 7) is 5.59. The van der Waals surface area contributed by atoms with E-state index in [1.54, 1.807) is 0 Å². The van der Waals surface area contributed by atoms with Gasteiger partial charge in [0.15, 0.2) is 0 Å². The van der Waals surface area contributed by atoms with Crippen LogP contribution in [0.2, 0.25) is 0 Å². The van der Waals surface area contributed by atoms with E-state index in [0.29, 0.717) is 18.2 Å². The monoisotopic (exact) mass is 197 g/mol. The van der Waals surface area contributed by atoms with Crippen LogP contribution >= 0.6 is 0 Å². The van der Waals surface area contributed by atoms with Gasteiger partial charge in [-0.2, -0.15) is 0 Å². The van der Waals surface area contributed by atoms with Gasteiger partial charge in [-0.1, -0.05) is 12.8 Å². The van der Waals surface area contributed by atoms with Crippen LogP contribution in [0.15, 0.2) is 0 Å². The molecule has 1 heterocycles. The second kappa shape index (κ2) is 4.63. The number of ether oxygens (including phenoxy) is 1. The van der Waals surface area contributed by atoms with Gasteiger partial charge in [0.2, 0.25) is 0 Å². The Morgan fingerprint density at radius 2 is 1.79 bits per heavy atom. The van der Waals surface area contributed by atoms with Crippen molar-refractivity contribution in [3.63, 3.8) is 0 Å². The summed E-state index contributed by atoms with van der Waals surface area (Å²) >= 11 is 0. The molecule has 0 spiro atoms. The molecule has 0 radical (unpaired) electrons. The zero-order valence-electron chi connectivity index (χ0n) is 9.46. The maximum absolute atomic E-state index is 5.72. The van der Waals surface area contributed by atoms with E-state index in [4.69, 9.17) is 4.74 Å². The van der Waals surface area contributed by atoms with E-state index in [1.807, 2.05) is 0 Å². The van der Waals surface area contributed by atoms with Crippen LogP contribution in [0.5, 0.6) is 0 Å². The highest BCUT2D eigenvalue weighted by molar-refractivity contribution is 4.80. The molecule has 14 heavy (non-hydrogen) atoms. The van der Waals surface area contributed by atoms with Gasteiger partial charge in [0.25, 0.3) is 0 Å². The first kappa shape index (κ1) is 10.4. The van der Waals surface area contributed by atoms with Gasteiger partial charge in [0.1, 0.15) is 0 Å². The van der Waals surface area contributed by atoms with Crippen molar-refractivity contribution in [3.8, 4) is 0 Å². The van der Waals surface area contributed by atoms with Crippen LogP contribution < -0.4 is 5.32 Å². The van der Waals surface area contributed by atoms with Crippen molar-refractivity contribution in [1.82, 2.24) is 5.32 Å². The molecule has 1 aliphatic heterocycles. The molecule has 2 unspecified atom stereocenters. The van der Waals surface area contributed by atoms with Gasteiger partial charge in [0.05, 0.1) is 12.2 Å². The summed E-state index contributed by atoms with van der Waals surface area (Å²) in [5, 5.41) is 3.67. The molecule has 0 bridgehead atoms. The van der Waals surface area contributed by atoms with Crippen LogP contribution in [0.25, 0.3) is 0 Å². The first-order chi connectivity index (χ1) is 6.74. The van der Waals surface area contributed by atoms with Crippen molar-refractivity contribution in [2.24, 2.45) is 5.92 Å². The summed E-state index contributed by atoms with van der Waals surface area (Å²) < 4.78 is 5.72. The van der Waals surface area contributed by atoms with Crippen molar-refractivity contribution >= 4 is 0 Å². The molecule has 2 nitrogen and oxygen atoms in total. The molecule has 0 aromatic heterocycles. The molecule has 2 atom stereocenters. The summed E-state index contributed by atoms with van der Waals surface area (Å²) in [7, 11) is 0. The molecular formula is C12H23NO. The van der Waals surface area contributed by atoms with Crippen molar-refractivity contribution in [1.29, 1.82) is 0 Å². The van der Waals surface area contributed by atoms with Crippen LogP contribution in [0, 0.1) is 5.92 Å². The third-order valence-electron chi connectivity index (χ3n) is 3.38. The summed E-state index contributed by atoms with van der Waals surface area (Å²) in [5.74, 6) is 1.05. The van der Waals surface area contributed by atoms with Crippen LogP contribution in [-0.4, -0.2) is 24.8 Å². The lowest BCUT2D eigenvalue weighted by atomic mass is 10.00. The zero-order chi connectivity index (χ0) is 9.97. The lowest BCUT2D eigenvalue weighted by Crippen LogP contribution is -2.41. The molecule has 1 saturated heterocycles. The molecule has 2 rings (SSSR count). The second-order valence-corrected chi connectivity index (χ2v) is 5.11. The first-order valence-corrected chi connectivity index (χ1v) is 6.13. The van der Waals surface area contributed by atoms with Gasteiger partial charge in [0, 0.05) is 6.04 Å². The summed E-state index contributed by atoms with van der Waals surface area (Å²) in [5.41, 5.74) is 0. The van der Waals surface area contributed by atoms with E-state index in [0.717, 1.165) is 5.92 Å². The van der Waals surface area contributed by atoms with Gasteiger partial charge in [-0.05, 0) is 45.6 Å². The molecule has 0 amide bonds. The Morgan fingerprint density at radius 1 is 1.14 bits per heavy atom. The topological polar surface area (TPSA) is 21.3 Å². The fraction of sp³-hybridized carbons (Fsp3) is 1.00. The van der Waals surface area contributed by atoms with Crippen LogP contribution in [0.1, 0.15) is 46.0 Å². The molecule has 0 aromatic carbocycles. The van der Waals surface area contributed by atoms with Crippen LogP contribution in [-0.2, 0) is 4.74 Å². The van der Waals surface area contributed by atoms with E-state index in [1.165, 1.54) is 38.6 Å². The second-order valence-electron chi connectivity index (χ2n) is 5.11. The highest BCUT2D eigenvalue weighted by Crippen LogP contribution is 2.31. The van der Waals surface area contributed by atoms with Crippen molar-refractivity contribution in [2.75, 3.05) is 6.54 Å². The highest BCUT2D eigenvalue weighted by atomic mass is 16.5. The van der Waals surface area contributed by atoms with E-state index in [9.17, 15) is 0 Å². The fourth-order valence-corrected chi connectivity index (χ4v) is 2.47. The van der Waals surface area contributed by atoms with Crippen molar-refractivity contribution in [2.45, 2.75) is 64.2 Å². The zero-order valence-corrected chi connectivity index (χ0v) is 9.46. The van der Waals surface area contributed by atoms with Crippen LogP contribution in [0.4, 0.5) is 0 Å². The van der Waals surface area contributed by atoms with Crippen LogP contribution in [0.3, 0.4) is 0 Å². The minimum Gasteiger partial charge on any atom is -0.375 e. The lowest BCUT2D eigenvalue weighted by Gasteiger charge is -2.32. The average molecular weight is 197 g/mol. The summed E-state index contributed by atoms with van der Waals surface area (Å²) in [6, 6.07) is 0.701. The maximum atomic E-state index is 5.72. The molecule has 82 valence electrons. The molecule has 0 aromatic rings. The number of nitrogens with one attached hydrogen (secondary N) is 1. The Morgan fingerprint density at radius 3 is 2.36 bits per heavy atom. The Balaban J connectivity index is 1.62. The van der Waals surface area contributed by atoms with Gasteiger partial charge in [-0.15, -0.1) is 0 Å². The molecule has 1 saturated carbocycles. The smallest absolute Gasteiger partial charge is 0.0565 e. The van der Waals surface area contributed by atoms with Crippen molar-refractivity contribution < 1.29 is 4.74 Å². The van der Waals surface area contributed by atoms with Gasteiger partial charge in [-0.3, -0.25) is 0 Å². The quantitative estimate of drug-likeness (QED) is 0.747. The Kier molecular flexibility index (Phi) is 3.45. The Hall–Kier alpha value is -0.0800. The number of hydrogen-bond donors (Lipinski definition) is 1. The largest absolute Gasteiger partial charge is 0.375 e. The van der Waals surface area contributed by atoms with E-state index in [2.05, 4.69) is 19.2 Å². The third-order valence-corrected chi connectivity index (χ3v) is 3.38. The average Bonchev–Trinajstić information content (AvgIpc) is 2.86. The summed E-state index contributed by atoms with van der Waals surface area (Å²) in [4.78, 5) is 0. The molecular weight excluding hydrogens is 174 g/mol. The molecule has 2 fully saturated rings.